The van der Waals surface area contributed by atoms with Gasteiger partial charge in [0, 0.05) is 38.8 Å². The summed E-state index contributed by atoms with van der Waals surface area (Å²) in [6.45, 7) is 5.01. The van der Waals surface area contributed by atoms with Crippen LogP contribution in [0.2, 0.25) is 0 Å². The van der Waals surface area contributed by atoms with Crippen molar-refractivity contribution < 1.29 is 124 Å². The third-order valence-electron chi connectivity index (χ3n) is 20.0. The third kappa shape index (κ3) is 22.2. The third-order valence-corrected chi connectivity index (χ3v) is 20.0. The molecule has 0 bridgehead atoms. The van der Waals surface area contributed by atoms with Crippen molar-refractivity contribution in [1.82, 2.24) is 4.90 Å². The van der Waals surface area contributed by atoms with Crippen molar-refractivity contribution in [3.63, 3.8) is 0 Å². The van der Waals surface area contributed by atoms with Gasteiger partial charge in [-0.2, -0.15) is 0 Å². The average molecular weight is 1570 g/mol. The van der Waals surface area contributed by atoms with Gasteiger partial charge < -0.3 is 95.5 Å². The van der Waals surface area contributed by atoms with Crippen LogP contribution in [0.25, 0.3) is 0 Å². The van der Waals surface area contributed by atoms with Crippen LogP contribution in [0.3, 0.4) is 0 Å². The number of carbonyl (C=O) groups is 6. The van der Waals surface area contributed by atoms with Gasteiger partial charge in [0.2, 0.25) is 0 Å². The fourth-order valence-corrected chi connectivity index (χ4v) is 14.3. The molecular formula is C87H97NO26. The van der Waals surface area contributed by atoms with E-state index in [0.717, 1.165) is 60.4 Å². The van der Waals surface area contributed by atoms with Gasteiger partial charge in [0.15, 0.2) is 43.5 Å². The number of nitrogens with zero attached hydrogens (tertiary/aromatic N) is 1. The van der Waals surface area contributed by atoms with Crippen LogP contribution in [-0.4, -0.2) is 200 Å². The lowest BCUT2D eigenvalue weighted by Crippen LogP contribution is -2.71. The predicted octanol–water partition coefficient (Wildman–Crippen LogP) is 8.82. The smallest absolute Gasteiger partial charge is 0.303 e. The van der Waals surface area contributed by atoms with Crippen molar-refractivity contribution in [2.45, 2.75) is 211 Å². The van der Waals surface area contributed by atoms with E-state index >= 15 is 9.59 Å². The fourth-order valence-electron chi connectivity index (χ4n) is 14.3. The lowest BCUT2D eigenvalue weighted by atomic mass is 9.93. The highest BCUT2D eigenvalue weighted by molar-refractivity contribution is 6.19. The molecule has 5 aliphatic heterocycles. The Balaban J connectivity index is 1.03. The van der Waals surface area contributed by atoms with Crippen LogP contribution in [0.5, 0.6) is 0 Å². The van der Waals surface area contributed by atoms with Gasteiger partial charge in [0.1, 0.15) is 85.9 Å². The van der Waals surface area contributed by atoms with Crippen LogP contribution in [0, 0.1) is 0 Å². The molecule has 0 saturated carbocycles. The highest BCUT2D eigenvalue weighted by Gasteiger charge is 2.62. The van der Waals surface area contributed by atoms with E-state index in [-0.39, 0.29) is 70.6 Å². The van der Waals surface area contributed by atoms with E-state index in [9.17, 15) is 29.4 Å². The number of benzene rings is 7. The minimum atomic E-state index is -2.08. The number of carbonyl (C=O) groups excluding carboxylic acids is 6. The number of esters is 4. The van der Waals surface area contributed by atoms with E-state index < -0.39 is 172 Å². The summed E-state index contributed by atoms with van der Waals surface area (Å²) >= 11 is 0. The number of hydrogen-bond donors (Lipinski definition) is 2. The largest absolute Gasteiger partial charge is 0.463 e. The maximum absolute atomic E-state index is 15.3. The molecule has 0 unspecified atom stereocenters. The quantitative estimate of drug-likeness (QED) is 0.0210. The highest BCUT2D eigenvalue weighted by atomic mass is 16.8. The standard InChI is InChI=1S/C87H97NO26/c1-53-54(2)83(96)88(82(53)95)70-75(113-87-81(107-58(6)93)78(106-57(5)92)74(105-56(4)91)69(111-87)52-99-55(3)90)71(94)66(42-89)108-84(70)114-77-72(100-45-61-32-18-9-19-33-61)67(50-97-43-59-28-14-7-15-29-59)110-86(80(77)103-48-64-38-24-12-25-39-64)112-73-68(51-98-44-60-30-16-8-17-31-60)109-85(104-49-65-40-26-13-27-41-65)79(102-47-63-36-22-11-23-37-63)76(73)101-46-62-34-20-10-21-35-62/h7-41,66-81,84-87,89,94H,42-52H2,1-6H3/t66-,67-,68-,69-,70-,71-,72+,73-,74+,75-,76+,77+,78+,79-,80-,81-,84+,85-,86+,87+/m1/s1. The Bertz CT molecular complexity index is 4210. The molecule has 12 rings (SSSR count). The number of amides is 2. The summed E-state index contributed by atoms with van der Waals surface area (Å²) in [5.74, 6) is -5.49. The van der Waals surface area contributed by atoms with Crippen LogP contribution in [0.15, 0.2) is 223 Å². The van der Waals surface area contributed by atoms with Gasteiger partial charge in [-0.3, -0.25) is 33.7 Å². The first-order valence-electron chi connectivity index (χ1n) is 38.0. The van der Waals surface area contributed by atoms with Crippen molar-refractivity contribution in [1.29, 1.82) is 0 Å². The molecule has 2 amide bonds. The molecule has 606 valence electrons. The minimum absolute atomic E-state index is 0.0108. The molecule has 0 spiro atoms. The first-order chi connectivity index (χ1) is 55.4. The van der Waals surface area contributed by atoms with Gasteiger partial charge in [0.25, 0.3) is 11.8 Å². The minimum Gasteiger partial charge on any atom is -0.463 e. The van der Waals surface area contributed by atoms with Gasteiger partial charge >= 0.3 is 23.9 Å². The first kappa shape index (κ1) is 84.1. The monoisotopic (exact) mass is 1570 g/mol. The van der Waals surface area contributed by atoms with Gasteiger partial charge in [-0.25, -0.2) is 0 Å². The molecule has 27 nitrogen and oxygen atoms in total. The SMILES string of the molecule is CC(=O)OC[C@H]1O[C@@H](O[C@H]2[C@H](O)[C@@H](CO)O[C@@H](O[C@H]3[C@@H](OCc4ccccc4)[C@@H](COCc4ccccc4)O[C@@H](O[C@H]4[C@H](OCc5ccccc5)[C@@H](OCc5ccccc5)[C@H](OCc5ccccc5)O[C@@H]4COCc4ccccc4)[C@@H]3OCc3ccccc3)[C@@H]2N2C(=O)C(C)=C(C)C2=O)[C@H](OC(C)=O)[C@@H](OC(C)=O)[C@H]1OC(C)=O. The van der Waals surface area contributed by atoms with E-state index in [1.807, 2.05) is 212 Å². The molecule has 0 radical (unpaired) electrons. The van der Waals surface area contributed by atoms with Crippen molar-refractivity contribution in [3.8, 4) is 0 Å². The summed E-state index contributed by atoms with van der Waals surface area (Å²) in [6, 6.07) is 64.2. The van der Waals surface area contributed by atoms with Crippen molar-refractivity contribution in [2.24, 2.45) is 0 Å². The number of ether oxygens (including phenoxy) is 18. The second kappa shape index (κ2) is 41.3. The van der Waals surface area contributed by atoms with E-state index in [4.69, 9.17) is 85.3 Å². The number of aliphatic hydroxyl groups is 2. The van der Waals surface area contributed by atoms with Crippen molar-refractivity contribution >= 4 is 35.7 Å². The van der Waals surface area contributed by atoms with Crippen LogP contribution in [0.4, 0.5) is 0 Å². The lowest BCUT2D eigenvalue weighted by Gasteiger charge is -2.53. The molecule has 0 aliphatic carbocycles. The number of rotatable bonds is 36. The topological polar surface area (TPSA) is 312 Å². The molecule has 27 heteroatoms. The molecule has 5 aliphatic rings. The first-order valence-corrected chi connectivity index (χ1v) is 38.0. The van der Waals surface area contributed by atoms with Crippen LogP contribution in [-0.2, 0) is 160 Å². The van der Waals surface area contributed by atoms with E-state index in [1.165, 1.54) is 13.8 Å². The summed E-state index contributed by atoms with van der Waals surface area (Å²) in [6.07, 6.45) is -30.2. The summed E-state index contributed by atoms with van der Waals surface area (Å²) in [7, 11) is 0. The van der Waals surface area contributed by atoms with Gasteiger partial charge in [-0.05, 0) is 52.8 Å². The summed E-state index contributed by atoms with van der Waals surface area (Å²) < 4.78 is 122. The van der Waals surface area contributed by atoms with E-state index in [2.05, 4.69) is 0 Å². The summed E-state index contributed by atoms with van der Waals surface area (Å²) in [4.78, 5) is 83.5. The summed E-state index contributed by atoms with van der Waals surface area (Å²) in [5.41, 5.74) is 5.43. The highest BCUT2D eigenvalue weighted by Crippen LogP contribution is 2.42. The molecule has 4 fully saturated rings. The Morgan fingerprint density at radius 2 is 0.658 bits per heavy atom. The molecule has 7 aromatic rings. The molecule has 20 atom stereocenters. The molecular weight excluding hydrogens is 1470 g/mol. The lowest BCUT2D eigenvalue weighted by molar-refractivity contribution is -0.394. The van der Waals surface area contributed by atoms with Gasteiger partial charge in [0.05, 0.1) is 66.1 Å². The van der Waals surface area contributed by atoms with E-state index in [0.29, 0.717) is 11.1 Å². The molecule has 0 aromatic heterocycles. The van der Waals surface area contributed by atoms with Crippen LogP contribution in [0.1, 0.15) is 80.5 Å². The number of aliphatic hydroxyl groups excluding tert-OH is 2. The van der Waals surface area contributed by atoms with Crippen LogP contribution < -0.4 is 0 Å². The molecule has 2 N–H and O–H groups in total. The van der Waals surface area contributed by atoms with Crippen LogP contribution >= 0.6 is 0 Å². The Morgan fingerprint density at radius 3 is 1.08 bits per heavy atom. The van der Waals surface area contributed by atoms with Gasteiger partial charge in [-0.1, -0.05) is 212 Å². The second-order valence-corrected chi connectivity index (χ2v) is 28.2. The Kier molecular flexibility index (Phi) is 30.4. The maximum Gasteiger partial charge on any atom is 0.303 e. The number of hydrogen-bond acceptors (Lipinski definition) is 26. The fraction of sp³-hybridized carbons (Fsp3) is 0.425. The Hall–Kier alpha value is -9.34. The van der Waals surface area contributed by atoms with Crippen molar-refractivity contribution in [3.05, 3.63) is 262 Å². The molecule has 114 heavy (non-hydrogen) atoms. The zero-order valence-electron chi connectivity index (χ0n) is 64.2. The average Bonchev–Trinajstić information content (AvgIpc) is 1.34. The Morgan fingerprint density at radius 1 is 0.333 bits per heavy atom. The normalized spacial score (nSPS) is 28.4. The van der Waals surface area contributed by atoms with Crippen molar-refractivity contribution in [2.75, 3.05) is 26.4 Å². The zero-order valence-corrected chi connectivity index (χ0v) is 64.2. The zero-order chi connectivity index (χ0) is 80.0. The number of imide groups is 1. The predicted molar refractivity (Wildman–Crippen MR) is 403 cm³/mol. The maximum atomic E-state index is 15.3. The molecule has 7 aromatic carbocycles. The summed E-state index contributed by atoms with van der Waals surface area (Å²) in [5, 5.41) is 24.5. The Labute approximate surface area is 661 Å². The molecule has 5 heterocycles. The van der Waals surface area contributed by atoms with E-state index in [1.54, 1.807) is 0 Å². The molecule has 4 saturated heterocycles. The second-order valence-electron chi connectivity index (χ2n) is 28.2. The van der Waals surface area contributed by atoms with Gasteiger partial charge in [-0.15, -0.1) is 0 Å².